The lowest BCUT2D eigenvalue weighted by atomic mass is 9.96. The van der Waals surface area contributed by atoms with Crippen molar-refractivity contribution in [3.63, 3.8) is 0 Å². The number of carbonyl (C=O) groups is 8. The van der Waals surface area contributed by atoms with Crippen LogP contribution in [0.25, 0.3) is 0 Å². The fourth-order valence-electron chi connectivity index (χ4n) is 7.13. The monoisotopic (exact) mass is 840 g/mol. The molecule has 7 amide bonds. The van der Waals surface area contributed by atoms with Crippen LogP contribution in [0.5, 0.6) is 0 Å². The predicted molar refractivity (Wildman–Crippen MR) is 216 cm³/mol. The van der Waals surface area contributed by atoms with E-state index < -0.39 is 102 Å². The van der Waals surface area contributed by atoms with E-state index in [1.54, 1.807) is 0 Å². The molecule has 0 saturated carbocycles. The maximum absolute atomic E-state index is 14.1. The number of aliphatic hydroxyl groups excluding tert-OH is 2. The number of hydrogen-bond donors (Lipinski definition) is 10. The van der Waals surface area contributed by atoms with Gasteiger partial charge in [-0.15, -0.1) is 0 Å². The standard InChI is InChI=1S/C39H69N9O11/c1-8-20(3)28(41)37(56)47-18-12-16-27(47)35(54)44-29(21(4)9-2)38(57)48-19-13-15-26(48)34(53)42-22(5)32(51)45-30(23(6)49)36(55)43-25(14-10-11-17-40)33(52)46-31(24(7)50)39(58)59/h20-31,49-50H,8-19,40-41H2,1-7H3,(H,42,53)(H,43,55)(H,44,54)(H,45,51)(H,46,52)(H,58,59)/t20-,21-,22-,23+,24+,25-,26-,27-,28-,29-,30-,31-/m0/s1. The number of carboxylic acid groups (broad SMARTS) is 1. The number of nitrogens with one attached hydrogen (secondary N) is 5. The van der Waals surface area contributed by atoms with Crippen molar-refractivity contribution in [1.29, 1.82) is 0 Å². The largest absolute Gasteiger partial charge is 0.480 e. The second-order valence-corrected chi connectivity index (χ2v) is 16.0. The number of amides is 7. The lowest BCUT2D eigenvalue weighted by molar-refractivity contribution is -0.145. The number of nitrogens with two attached hydrogens (primary N) is 2. The summed E-state index contributed by atoms with van der Waals surface area (Å²) in [4.78, 5) is 109. The Morgan fingerprint density at radius 2 is 1.15 bits per heavy atom. The summed E-state index contributed by atoms with van der Waals surface area (Å²) in [6, 6.07) is -9.40. The molecule has 0 spiro atoms. The lowest BCUT2D eigenvalue weighted by Gasteiger charge is -2.34. The van der Waals surface area contributed by atoms with E-state index >= 15 is 0 Å². The Kier molecular flexibility index (Phi) is 20.6. The first-order valence-corrected chi connectivity index (χ1v) is 20.9. The van der Waals surface area contributed by atoms with E-state index in [1.807, 2.05) is 27.7 Å². The quantitative estimate of drug-likeness (QED) is 0.0490. The predicted octanol–water partition coefficient (Wildman–Crippen LogP) is -2.19. The minimum Gasteiger partial charge on any atom is -0.480 e. The summed E-state index contributed by atoms with van der Waals surface area (Å²) < 4.78 is 0. The van der Waals surface area contributed by atoms with Crippen LogP contribution in [0, 0.1) is 11.8 Å². The zero-order valence-electron chi connectivity index (χ0n) is 35.6. The van der Waals surface area contributed by atoms with Gasteiger partial charge in [0.05, 0.1) is 18.2 Å². The highest BCUT2D eigenvalue weighted by molar-refractivity contribution is 5.98. The summed E-state index contributed by atoms with van der Waals surface area (Å²) in [6.07, 6.45) is 0.891. The van der Waals surface area contributed by atoms with Gasteiger partial charge in [0.25, 0.3) is 0 Å². The molecule has 2 saturated heterocycles. The number of carboxylic acids is 1. The molecule has 0 aromatic rings. The van der Waals surface area contributed by atoms with Gasteiger partial charge in [0.1, 0.15) is 36.3 Å². The average molecular weight is 840 g/mol. The fraction of sp³-hybridized carbons (Fsp3) is 0.795. The highest BCUT2D eigenvalue weighted by atomic mass is 16.4. The third kappa shape index (κ3) is 14.1. The van der Waals surface area contributed by atoms with Crippen LogP contribution in [-0.4, -0.2) is 153 Å². The highest BCUT2D eigenvalue weighted by Gasteiger charge is 2.43. The summed E-state index contributed by atoms with van der Waals surface area (Å²) in [5, 5.41) is 42.2. The molecular formula is C39H69N9O11. The van der Waals surface area contributed by atoms with Crippen LogP contribution < -0.4 is 38.1 Å². The van der Waals surface area contributed by atoms with Crippen LogP contribution in [0.3, 0.4) is 0 Å². The molecule has 0 radical (unpaired) electrons. The molecule has 20 nitrogen and oxygen atoms in total. The van der Waals surface area contributed by atoms with Crippen molar-refractivity contribution in [2.45, 2.75) is 167 Å². The van der Waals surface area contributed by atoms with E-state index in [4.69, 9.17) is 11.5 Å². The molecule has 2 aliphatic rings. The van der Waals surface area contributed by atoms with Gasteiger partial charge in [-0.05, 0) is 84.1 Å². The van der Waals surface area contributed by atoms with Gasteiger partial charge in [-0.3, -0.25) is 33.6 Å². The van der Waals surface area contributed by atoms with E-state index in [1.165, 1.54) is 30.6 Å². The molecule has 2 fully saturated rings. The van der Waals surface area contributed by atoms with Gasteiger partial charge >= 0.3 is 5.97 Å². The number of unbranched alkanes of at least 4 members (excludes halogenated alkanes) is 1. The molecule has 0 aromatic heterocycles. The molecule has 12 N–H and O–H groups in total. The molecule has 20 heteroatoms. The number of likely N-dealkylation sites (tertiary alicyclic amines) is 2. The number of aliphatic hydroxyl groups is 2. The summed E-state index contributed by atoms with van der Waals surface area (Å²) >= 11 is 0. The highest BCUT2D eigenvalue weighted by Crippen LogP contribution is 2.24. The Morgan fingerprint density at radius 1 is 0.644 bits per heavy atom. The minimum atomic E-state index is -1.67. The second-order valence-electron chi connectivity index (χ2n) is 16.0. The van der Waals surface area contributed by atoms with Crippen molar-refractivity contribution >= 4 is 47.3 Å². The van der Waals surface area contributed by atoms with Gasteiger partial charge in [-0.2, -0.15) is 0 Å². The summed E-state index contributed by atoms with van der Waals surface area (Å²) in [5.74, 6) is -6.59. The number of aliphatic carboxylic acids is 1. The van der Waals surface area contributed by atoms with Crippen molar-refractivity contribution in [3.05, 3.63) is 0 Å². The van der Waals surface area contributed by atoms with Gasteiger partial charge in [-0.1, -0.05) is 40.5 Å². The van der Waals surface area contributed by atoms with Crippen LogP contribution in [0.2, 0.25) is 0 Å². The van der Waals surface area contributed by atoms with E-state index in [2.05, 4.69) is 26.6 Å². The molecule has 2 aliphatic heterocycles. The molecule has 2 rings (SSSR count). The molecule has 0 bridgehead atoms. The van der Waals surface area contributed by atoms with E-state index in [0.717, 1.165) is 0 Å². The van der Waals surface area contributed by atoms with Crippen molar-refractivity contribution in [1.82, 2.24) is 36.4 Å². The van der Waals surface area contributed by atoms with Crippen molar-refractivity contribution in [3.8, 4) is 0 Å². The van der Waals surface area contributed by atoms with E-state index in [-0.39, 0.29) is 43.7 Å². The number of carbonyl (C=O) groups excluding carboxylic acids is 7. The lowest BCUT2D eigenvalue weighted by Crippen LogP contribution is -2.61. The maximum atomic E-state index is 14.1. The summed E-state index contributed by atoms with van der Waals surface area (Å²) in [6.45, 7) is 12.1. The first kappa shape index (κ1) is 50.7. The molecule has 0 aliphatic carbocycles. The minimum absolute atomic E-state index is 0.0256. The number of hydrogen-bond acceptors (Lipinski definition) is 12. The molecule has 59 heavy (non-hydrogen) atoms. The second kappa shape index (κ2) is 24.0. The average Bonchev–Trinajstić information content (AvgIpc) is 3.90. The molecule has 12 atom stereocenters. The molecule has 0 unspecified atom stereocenters. The van der Waals surface area contributed by atoms with E-state index in [0.29, 0.717) is 51.5 Å². The van der Waals surface area contributed by atoms with Crippen LogP contribution in [0.15, 0.2) is 0 Å². The van der Waals surface area contributed by atoms with E-state index in [9.17, 15) is 53.7 Å². The Balaban J connectivity index is 2.16. The van der Waals surface area contributed by atoms with Crippen LogP contribution in [0.1, 0.15) is 106 Å². The van der Waals surface area contributed by atoms with Crippen LogP contribution in [0.4, 0.5) is 0 Å². The third-order valence-corrected chi connectivity index (χ3v) is 11.4. The Labute approximate surface area is 346 Å². The van der Waals surface area contributed by atoms with Crippen LogP contribution >= 0.6 is 0 Å². The van der Waals surface area contributed by atoms with Gasteiger partial charge < -0.3 is 63.2 Å². The SMILES string of the molecule is CC[C@H](C)[C@H](N)C(=O)N1CCC[C@H]1C(=O)N[C@H](C(=O)N1CCC[C@H]1C(=O)N[C@@H](C)C(=O)N[C@H](C(=O)N[C@@H](CCCCN)C(=O)N[C@H](C(=O)O)[C@@H](C)O)[C@@H](C)O)[C@@H](C)CC. The molecule has 0 aromatic carbocycles. The van der Waals surface area contributed by atoms with Crippen molar-refractivity contribution in [2.24, 2.45) is 23.3 Å². The topological polar surface area (TPSA) is 316 Å². The Hall–Kier alpha value is -4.40. The first-order chi connectivity index (χ1) is 27.7. The first-order valence-electron chi connectivity index (χ1n) is 20.9. The van der Waals surface area contributed by atoms with Gasteiger partial charge in [0.15, 0.2) is 6.04 Å². The van der Waals surface area contributed by atoms with Gasteiger partial charge in [-0.25, -0.2) is 4.79 Å². The number of nitrogens with zero attached hydrogens (tertiary/aromatic N) is 2. The maximum Gasteiger partial charge on any atom is 0.328 e. The third-order valence-electron chi connectivity index (χ3n) is 11.4. The van der Waals surface area contributed by atoms with Crippen molar-refractivity contribution in [2.75, 3.05) is 19.6 Å². The molecular weight excluding hydrogens is 770 g/mol. The van der Waals surface area contributed by atoms with Crippen molar-refractivity contribution < 1.29 is 53.7 Å². The molecule has 2 heterocycles. The Morgan fingerprint density at radius 3 is 1.64 bits per heavy atom. The normalized spacial score (nSPS) is 21.7. The zero-order valence-corrected chi connectivity index (χ0v) is 35.6. The van der Waals surface area contributed by atoms with Crippen LogP contribution in [-0.2, 0) is 38.4 Å². The summed E-state index contributed by atoms with van der Waals surface area (Å²) in [7, 11) is 0. The summed E-state index contributed by atoms with van der Waals surface area (Å²) in [5.41, 5.74) is 11.8. The zero-order chi connectivity index (χ0) is 44.7. The molecule has 336 valence electrons. The van der Waals surface area contributed by atoms with Gasteiger partial charge in [0, 0.05) is 13.1 Å². The number of rotatable bonds is 23. The smallest absolute Gasteiger partial charge is 0.328 e. The Bertz CT molecular complexity index is 1480. The van der Waals surface area contributed by atoms with Gasteiger partial charge in [0.2, 0.25) is 41.4 Å². The fourth-order valence-corrected chi connectivity index (χ4v) is 7.13.